The summed E-state index contributed by atoms with van der Waals surface area (Å²) in [5.74, 6) is 1.19. The maximum atomic E-state index is 13.2. The SMILES string of the molecule is CCOc1cc(C(=O)Nc2ccccc2C(=O)Nc2ccc(OC)cc2)cc(OCC)c1OCC. The molecule has 0 unspecified atom stereocenters. The van der Waals surface area contributed by atoms with E-state index in [1.165, 1.54) is 0 Å². The minimum atomic E-state index is -0.417. The highest BCUT2D eigenvalue weighted by molar-refractivity contribution is 6.12. The standard InChI is InChI=1S/C27H30N2O6/c1-5-33-23-16-18(17-24(34-6-2)25(23)35-7-3)26(30)29-22-11-9-8-10-21(22)27(31)28-19-12-14-20(32-4)15-13-19/h8-17H,5-7H2,1-4H3,(H,28,31)(H,29,30). The molecule has 8 nitrogen and oxygen atoms in total. The summed E-state index contributed by atoms with van der Waals surface area (Å²) >= 11 is 0. The molecule has 0 saturated carbocycles. The molecule has 0 atom stereocenters. The molecule has 3 rings (SSSR count). The summed E-state index contributed by atoms with van der Waals surface area (Å²) in [4.78, 5) is 26.1. The number of carbonyl (C=O) groups excluding carboxylic acids is 2. The summed E-state index contributed by atoms with van der Waals surface area (Å²) < 4.78 is 22.3. The highest BCUT2D eigenvalue weighted by Gasteiger charge is 2.20. The largest absolute Gasteiger partial charge is 0.497 e. The van der Waals surface area contributed by atoms with Gasteiger partial charge >= 0.3 is 0 Å². The van der Waals surface area contributed by atoms with E-state index in [0.717, 1.165) is 0 Å². The van der Waals surface area contributed by atoms with Crippen LogP contribution in [-0.2, 0) is 0 Å². The second-order valence-corrected chi connectivity index (χ2v) is 7.28. The van der Waals surface area contributed by atoms with Crippen LogP contribution in [0.2, 0.25) is 0 Å². The Kier molecular flexibility index (Phi) is 8.95. The predicted octanol–water partition coefficient (Wildman–Crippen LogP) is 5.40. The Balaban J connectivity index is 1.86. The number of para-hydroxylation sites is 1. The lowest BCUT2D eigenvalue weighted by Crippen LogP contribution is -2.18. The molecule has 0 saturated heterocycles. The van der Waals surface area contributed by atoms with Crippen molar-refractivity contribution in [3.05, 3.63) is 71.8 Å². The molecule has 0 fully saturated rings. The number of methoxy groups -OCH3 is 1. The van der Waals surface area contributed by atoms with Gasteiger partial charge in [0.05, 0.1) is 38.2 Å². The molecule has 2 N–H and O–H groups in total. The van der Waals surface area contributed by atoms with Gasteiger partial charge in [-0.05, 0) is 69.3 Å². The van der Waals surface area contributed by atoms with E-state index in [1.54, 1.807) is 67.8 Å². The van der Waals surface area contributed by atoms with E-state index in [9.17, 15) is 9.59 Å². The fourth-order valence-corrected chi connectivity index (χ4v) is 3.38. The Morgan fingerprint density at radius 3 is 1.91 bits per heavy atom. The van der Waals surface area contributed by atoms with E-state index in [0.29, 0.717) is 65.3 Å². The monoisotopic (exact) mass is 478 g/mol. The number of nitrogens with one attached hydrogen (secondary N) is 2. The fraction of sp³-hybridized carbons (Fsp3) is 0.259. The van der Waals surface area contributed by atoms with Crippen molar-refractivity contribution >= 4 is 23.2 Å². The van der Waals surface area contributed by atoms with Crippen LogP contribution in [0.1, 0.15) is 41.5 Å². The van der Waals surface area contributed by atoms with Gasteiger partial charge in [-0.2, -0.15) is 0 Å². The molecular weight excluding hydrogens is 448 g/mol. The van der Waals surface area contributed by atoms with Crippen LogP contribution in [-0.4, -0.2) is 38.7 Å². The van der Waals surface area contributed by atoms with E-state index < -0.39 is 5.91 Å². The predicted molar refractivity (Wildman–Crippen MR) is 135 cm³/mol. The zero-order chi connectivity index (χ0) is 25.2. The van der Waals surface area contributed by atoms with Crippen LogP contribution in [0, 0.1) is 0 Å². The summed E-state index contributed by atoms with van der Waals surface area (Å²) in [6.07, 6.45) is 0. The van der Waals surface area contributed by atoms with E-state index in [1.807, 2.05) is 20.8 Å². The molecule has 35 heavy (non-hydrogen) atoms. The second kappa shape index (κ2) is 12.3. The lowest BCUT2D eigenvalue weighted by atomic mass is 10.1. The van der Waals surface area contributed by atoms with Gasteiger partial charge in [-0.3, -0.25) is 9.59 Å². The highest BCUT2D eigenvalue weighted by atomic mass is 16.5. The Hall–Kier alpha value is -4.20. The van der Waals surface area contributed by atoms with Crippen molar-refractivity contribution in [1.82, 2.24) is 0 Å². The summed E-state index contributed by atoms with van der Waals surface area (Å²) in [6.45, 7) is 6.76. The van der Waals surface area contributed by atoms with Gasteiger partial charge in [0.25, 0.3) is 11.8 Å². The first-order chi connectivity index (χ1) is 17.0. The number of hydrogen-bond acceptors (Lipinski definition) is 6. The van der Waals surface area contributed by atoms with Gasteiger partial charge in [-0.25, -0.2) is 0 Å². The first-order valence-electron chi connectivity index (χ1n) is 11.4. The molecule has 8 heteroatoms. The van der Waals surface area contributed by atoms with E-state index in [4.69, 9.17) is 18.9 Å². The van der Waals surface area contributed by atoms with Crippen molar-refractivity contribution in [2.45, 2.75) is 20.8 Å². The first kappa shape index (κ1) is 25.4. The third-order valence-corrected chi connectivity index (χ3v) is 4.94. The quantitative estimate of drug-likeness (QED) is 0.383. The smallest absolute Gasteiger partial charge is 0.257 e. The van der Waals surface area contributed by atoms with E-state index in [2.05, 4.69) is 10.6 Å². The van der Waals surface area contributed by atoms with Gasteiger partial charge in [-0.1, -0.05) is 12.1 Å². The van der Waals surface area contributed by atoms with Crippen LogP contribution < -0.4 is 29.6 Å². The topological polar surface area (TPSA) is 95.1 Å². The second-order valence-electron chi connectivity index (χ2n) is 7.28. The number of hydrogen-bond donors (Lipinski definition) is 2. The Morgan fingerprint density at radius 1 is 0.743 bits per heavy atom. The molecule has 0 aliphatic carbocycles. The first-order valence-corrected chi connectivity index (χ1v) is 11.4. The number of benzene rings is 3. The minimum Gasteiger partial charge on any atom is -0.497 e. The third-order valence-electron chi connectivity index (χ3n) is 4.94. The van der Waals surface area contributed by atoms with Crippen molar-refractivity contribution < 1.29 is 28.5 Å². The zero-order valence-corrected chi connectivity index (χ0v) is 20.3. The van der Waals surface area contributed by atoms with Gasteiger partial charge in [0, 0.05) is 11.3 Å². The van der Waals surface area contributed by atoms with Crippen LogP contribution in [0.25, 0.3) is 0 Å². The molecule has 0 heterocycles. The van der Waals surface area contributed by atoms with Crippen LogP contribution in [0.3, 0.4) is 0 Å². The van der Waals surface area contributed by atoms with E-state index >= 15 is 0 Å². The number of anilines is 2. The molecular formula is C27H30N2O6. The molecule has 2 amide bonds. The fourth-order valence-electron chi connectivity index (χ4n) is 3.38. The Morgan fingerprint density at radius 2 is 1.34 bits per heavy atom. The summed E-state index contributed by atoms with van der Waals surface area (Å²) in [5, 5.41) is 5.66. The Labute approximate surface area is 205 Å². The van der Waals surface area contributed by atoms with E-state index in [-0.39, 0.29) is 5.91 Å². The van der Waals surface area contributed by atoms with Crippen molar-refractivity contribution in [3.8, 4) is 23.0 Å². The summed E-state index contributed by atoms with van der Waals surface area (Å²) in [5.41, 5.74) is 1.60. The van der Waals surface area contributed by atoms with Gasteiger partial charge in [0.2, 0.25) is 5.75 Å². The molecule has 0 bridgehead atoms. The molecule has 0 spiro atoms. The summed E-state index contributed by atoms with van der Waals surface area (Å²) in [7, 11) is 1.57. The third kappa shape index (κ3) is 6.44. The normalized spacial score (nSPS) is 10.3. The number of ether oxygens (including phenoxy) is 4. The van der Waals surface area contributed by atoms with Crippen LogP contribution in [0.4, 0.5) is 11.4 Å². The van der Waals surface area contributed by atoms with Crippen molar-refractivity contribution in [2.75, 3.05) is 37.6 Å². The zero-order valence-electron chi connectivity index (χ0n) is 20.3. The number of amides is 2. The Bertz CT molecular complexity index is 1130. The minimum absolute atomic E-state index is 0.311. The molecule has 3 aromatic carbocycles. The molecule has 0 radical (unpaired) electrons. The lowest BCUT2D eigenvalue weighted by Gasteiger charge is -2.17. The highest BCUT2D eigenvalue weighted by Crippen LogP contribution is 2.39. The molecule has 0 aromatic heterocycles. The van der Waals surface area contributed by atoms with Crippen molar-refractivity contribution in [2.24, 2.45) is 0 Å². The molecule has 184 valence electrons. The van der Waals surface area contributed by atoms with Crippen molar-refractivity contribution in [1.29, 1.82) is 0 Å². The average molecular weight is 479 g/mol. The molecule has 0 aliphatic rings. The van der Waals surface area contributed by atoms with Gasteiger partial charge in [0.1, 0.15) is 5.75 Å². The average Bonchev–Trinajstić information content (AvgIpc) is 2.86. The van der Waals surface area contributed by atoms with Crippen molar-refractivity contribution in [3.63, 3.8) is 0 Å². The lowest BCUT2D eigenvalue weighted by molar-refractivity contribution is 0.102. The molecule has 3 aromatic rings. The maximum absolute atomic E-state index is 13.2. The van der Waals surface area contributed by atoms with Gasteiger partial charge < -0.3 is 29.6 Å². The van der Waals surface area contributed by atoms with Gasteiger partial charge in [0.15, 0.2) is 11.5 Å². The summed E-state index contributed by atoms with van der Waals surface area (Å²) in [6, 6.07) is 17.0. The van der Waals surface area contributed by atoms with Crippen LogP contribution in [0.15, 0.2) is 60.7 Å². The van der Waals surface area contributed by atoms with Crippen LogP contribution >= 0.6 is 0 Å². The number of rotatable bonds is 11. The van der Waals surface area contributed by atoms with Gasteiger partial charge in [-0.15, -0.1) is 0 Å². The van der Waals surface area contributed by atoms with Crippen LogP contribution in [0.5, 0.6) is 23.0 Å². The maximum Gasteiger partial charge on any atom is 0.257 e. The molecule has 0 aliphatic heterocycles. The number of carbonyl (C=O) groups is 2.